The van der Waals surface area contributed by atoms with Gasteiger partial charge in [0.15, 0.2) is 0 Å². The molecule has 1 aliphatic carbocycles. The van der Waals surface area contributed by atoms with Gasteiger partial charge in [0.1, 0.15) is 5.38 Å². The summed E-state index contributed by atoms with van der Waals surface area (Å²) in [5.74, 6) is 0.473. The van der Waals surface area contributed by atoms with Gasteiger partial charge in [-0.25, -0.2) is 0 Å². The van der Waals surface area contributed by atoms with Crippen LogP contribution in [0.3, 0.4) is 0 Å². The Morgan fingerprint density at radius 3 is 2.69 bits per heavy atom. The zero-order chi connectivity index (χ0) is 11.6. The highest BCUT2D eigenvalue weighted by Gasteiger charge is 2.28. The van der Waals surface area contributed by atoms with Crippen LogP contribution in [0.25, 0.3) is 0 Å². The first-order valence-corrected chi connectivity index (χ1v) is 6.24. The minimum Gasteiger partial charge on any atom is -0.407 e. The Kier molecular flexibility index (Phi) is 3.38. The first kappa shape index (κ1) is 11.7. The normalized spacial score (nSPS) is 20.9. The van der Waals surface area contributed by atoms with Crippen molar-refractivity contribution in [1.82, 2.24) is 10.2 Å². The third-order valence-electron chi connectivity index (χ3n) is 3.26. The summed E-state index contributed by atoms with van der Waals surface area (Å²) in [6, 6.07) is 0.482. The molecule has 5 heteroatoms. The van der Waals surface area contributed by atoms with Gasteiger partial charge in [-0.15, -0.1) is 16.7 Å². The molecule has 0 amide bonds. The smallest absolute Gasteiger partial charge is 0.315 e. The number of nitrogens with zero attached hydrogens (tertiary/aromatic N) is 2. The van der Waals surface area contributed by atoms with E-state index in [1.165, 1.54) is 25.7 Å². The van der Waals surface area contributed by atoms with Crippen LogP contribution in [-0.2, 0) is 0 Å². The fourth-order valence-corrected chi connectivity index (χ4v) is 2.25. The van der Waals surface area contributed by atoms with Gasteiger partial charge in [-0.1, -0.05) is 24.9 Å². The number of anilines is 1. The molecule has 1 saturated carbocycles. The van der Waals surface area contributed by atoms with Gasteiger partial charge < -0.3 is 9.73 Å². The monoisotopic (exact) mass is 243 g/mol. The standard InChI is InChI=1S/C11H18ClN3O/c1-8(12)9-14-15-10(16-9)13-7-11(2)5-3-4-6-11/h8H,3-7H2,1-2H3,(H,13,15). The van der Waals surface area contributed by atoms with Crippen LogP contribution in [0.1, 0.15) is 50.8 Å². The van der Waals surface area contributed by atoms with E-state index in [1.807, 2.05) is 6.92 Å². The predicted octanol–water partition coefficient (Wildman–Crippen LogP) is 3.36. The zero-order valence-electron chi connectivity index (χ0n) is 9.79. The van der Waals surface area contributed by atoms with Crippen LogP contribution in [-0.4, -0.2) is 16.7 Å². The highest BCUT2D eigenvalue weighted by Crippen LogP contribution is 2.37. The maximum Gasteiger partial charge on any atom is 0.315 e. The Balaban J connectivity index is 1.89. The zero-order valence-corrected chi connectivity index (χ0v) is 10.5. The lowest BCUT2D eigenvalue weighted by atomic mass is 9.89. The summed E-state index contributed by atoms with van der Waals surface area (Å²) in [6.45, 7) is 5.01. The van der Waals surface area contributed by atoms with Crippen molar-refractivity contribution in [2.75, 3.05) is 11.9 Å². The molecule has 1 aromatic heterocycles. The molecule has 0 aromatic carbocycles. The lowest BCUT2D eigenvalue weighted by molar-refractivity contribution is 0.356. The maximum atomic E-state index is 5.85. The molecule has 0 radical (unpaired) electrons. The third kappa shape index (κ3) is 2.67. The molecule has 1 aromatic rings. The van der Waals surface area contributed by atoms with Crippen molar-refractivity contribution >= 4 is 17.6 Å². The predicted molar refractivity (Wildman–Crippen MR) is 63.6 cm³/mol. The quantitative estimate of drug-likeness (QED) is 0.824. The van der Waals surface area contributed by atoms with Crippen LogP contribution in [0, 0.1) is 5.41 Å². The molecule has 0 spiro atoms. The Morgan fingerprint density at radius 2 is 2.12 bits per heavy atom. The largest absolute Gasteiger partial charge is 0.407 e. The summed E-state index contributed by atoms with van der Waals surface area (Å²) in [6.07, 6.45) is 5.19. The molecule has 0 bridgehead atoms. The van der Waals surface area contributed by atoms with Crippen molar-refractivity contribution in [2.24, 2.45) is 5.41 Å². The molecular formula is C11H18ClN3O. The average molecular weight is 244 g/mol. The molecule has 4 nitrogen and oxygen atoms in total. The van der Waals surface area contributed by atoms with E-state index in [1.54, 1.807) is 0 Å². The van der Waals surface area contributed by atoms with Gasteiger partial charge in [0.25, 0.3) is 0 Å². The summed E-state index contributed by atoms with van der Waals surface area (Å²) in [5.41, 5.74) is 0.376. The van der Waals surface area contributed by atoms with E-state index in [0.717, 1.165) is 6.54 Å². The minimum atomic E-state index is -0.231. The van der Waals surface area contributed by atoms with E-state index in [-0.39, 0.29) is 5.38 Å². The van der Waals surface area contributed by atoms with Crippen LogP contribution >= 0.6 is 11.6 Å². The third-order valence-corrected chi connectivity index (χ3v) is 3.44. The van der Waals surface area contributed by atoms with Crippen LogP contribution in [0.4, 0.5) is 6.01 Å². The number of halogens is 1. The van der Waals surface area contributed by atoms with Crippen LogP contribution in [0.2, 0.25) is 0 Å². The number of hydrogen-bond donors (Lipinski definition) is 1. The molecule has 16 heavy (non-hydrogen) atoms. The van der Waals surface area contributed by atoms with E-state index in [2.05, 4.69) is 22.4 Å². The molecule has 1 fully saturated rings. The molecule has 1 N–H and O–H groups in total. The summed E-state index contributed by atoms with van der Waals surface area (Å²) >= 11 is 5.85. The fourth-order valence-electron chi connectivity index (χ4n) is 2.16. The molecule has 1 unspecified atom stereocenters. The second-order valence-corrected chi connectivity index (χ2v) is 5.59. The summed E-state index contributed by atoms with van der Waals surface area (Å²) < 4.78 is 5.38. The van der Waals surface area contributed by atoms with Crippen LogP contribution in [0.5, 0.6) is 0 Å². The average Bonchev–Trinajstić information content (AvgIpc) is 2.84. The van der Waals surface area contributed by atoms with Gasteiger partial charge in [0.2, 0.25) is 5.89 Å². The van der Waals surface area contributed by atoms with Crippen molar-refractivity contribution in [3.63, 3.8) is 0 Å². The van der Waals surface area contributed by atoms with Crippen LogP contribution < -0.4 is 5.32 Å². The van der Waals surface area contributed by atoms with Crippen molar-refractivity contribution < 1.29 is 4.42 Å². The lowest BCUT2D eigenvalue weighted by Crippen LogP contribution is -2.23. The molecule has 1 heterocycles. The van der Waals surface area contributed by atoms with Gasteiger partial charge >= 0.3 is 6.01 Å². The lowest BCUT2D eigenvalue weighted by Gasteiger charge is -2.22. The first-order chi connectivity index (χ1) is 7.59. The van der Waals surface area contributed by atoms with E-state index in [9.17, 15) is 0 Å². The van der Waals surface area contributed by atoms with Gasteiger partial charge in [-0.05, 0) is 25.2 Å². The topological polar surface area (TPSA) is 51.0 Å². The summed E-state index contributed by atoms with van der Waals surface area (Å²) in [4.78, 5) is 0. The summed E-state index contributed by atoms with van der Waals surface area (Å²) in [7, 11) is 0. The number of nitrogens with one attached hydrogen (secondary N) is 1. The fraction of sp³-hybridized carbons (Fsp3) is 0.818. The number of hydrogen-bond acceptors (Lipinski definition) is 4. The molecule has 0 aliphatic heterocycles. The van der Waals surface area contributed by atoms with Crippen molar-refractivity contribution in [1.29, 1.82) is 0 Å². The van der Waals surface area contributed by atoms with Gasteiger partial charge in [0.05, 0.1) is 0 Å². The number of alkyl halides is 1. The molecular weight excluding hydrogens is 226 g/mol. The van der Waals surface area contributed by atoms with Crippen molar-refractivity contribution in [3.05, 3.63) is 5.89 Å². The molecule has 90 valence electrons. The molecule has 1 aliphatic rings. The van der Waals surface area contributed by atoms with E-state index in [4.69, 9.17) is 16.0 Å². The first-order valence-electron chi connectivity index (χ1n) is 5.80. The highest BCUT2D eigenvalue weighted by atomic mass is 35.5. The van der Waals surface area contributed by atoms with Gasteiger partial charge in [-0.3, -0.25) is 0 Å². The second-order valence-electron chi connectivity index (χ2n) is 4.93. The molecule has 1 atom stereocenters. The number of aromatic nitrogens is 2. The molecule has 0 saturated heterocycles. The van der Waals surface area contributed by atoms with Gasteiger partial charge in [0, 0.05) is 6.54 Å². The van der Waals surface area contributed by atoms with Crippen molar-refractivity contribution in [2.45, 2.75) is 44.9 Å². The highest BCUT2D eigenvalue weighted by molar-refractivity contribution is 6.20. The Labute approximate surface area is 101 Å². The maximum absolute atomic E-state index is 5.85. The van der Waals surface area contributed by atoms with Crippen molar-refractivity contribution in [3.8, 4) is 0 Å². The van der Waals surface area contributed by atoms with E-state index < -0.39 is 0 Å². The number of rotatable bonds is 4. The molecule has 2 rings (SSSR count). The van der Waals surface area contributed by atoms with E-state index >= 15 is 0 Å². The van der Waals surface area contributed by atoms with Gasteiger partial charge in [-0.2, -0.15) is 0 Å². The SMILES string of the molecule is CC(Cl)c1nnc(NCC2(C)CCCC2)o1. The Morgan fingerprint density at radius 1 is 1.44 bits per heavy atom. The van der Waals surface area contributed by atoms with Crippen LogP contribution in [0.15, 0.2) is 4.42 Å². The Bertz CT molecular complexity index is 345. The Hall–Kier alpha value is -0.770. The minimum absolute atomic E-state index is 0.231. The summed E-state index contributed by atoms with van der Waals surface area (Å²) in [5, 5.41) is 10.8. The second kappa shape index (κ2) is 4.62. The van der Waals surface area contributed by atoms with E-state index in [0.29, 0.717) is 17.3 Å².